The Morgan fingerprint density at radius 1 is 1.57 bits per heavy atom. The number of halogens is 1. The van der Waals surface area contributed by atoms with Crippen LogP contribution in [0.1, 0.15) is 12.0 Å². The van der Waals surface area contributed by atoms with E-state index >= 15 is 0 Å². The molecule has 0 amide bonds. The summed E-state index contributed by atoms with van der Waals surface area (Å²) < 4.78 is 14.1. The number of carboxylic acids is 1. The van der Waals surface area contributed by atoms with Gasteiger partial charge in [-0.15, -0.1) is 0 Å². The molecule has 1 saturated heterocycles. The van der Waals surface area contributed by atoms with Crippen LogP contribution in [0, 0.1) is 11.7 Å². The molecular formula is C16H21FN2O2. The maximum absolute atomic E-state index is 14.1. The van der Waals surface area contributed by atoms with Crippen molar-refractivity contribution < 1.29 is 14.3 Å². The van der Waals surface area contributed by atoms with Crippen molar-refractivity contribution in [1.29, 1.82) is 0 Å². The summed E-state index contributed by atoms with van der Waals surface area (Å²) in [6, 6.07) is 4.73. The molecule has 21 heavy (non-hydrogen) atoms. The van der Waals surface area contributed by atoms with Crippen molar-refractivity contribution in [2.45, 2.75) is 6.42 Å². The van der Waals surface area contributed by atoms with Gasteiger partial charge in [-0.25, -0.2) is 9.18 Å². The van der Waals surface area contributed by atoms with Gasteiger partial charge in [0.2, 0.25) is 0 Å². The highest BCUT2D eigenvalue weighted by molar-refractivity contribution is 5.87. The van der Waals surface area contributed by atoms with Crippen LogP contribution in [-0.2, 0) is 4.79 Å². The normalized spacial score (nSPS) is 19.3. The van der Waals surface area contributed by atoms with Crippen molar-refractivity contribution in [1.82, 2.24) is 4.90 Å². The van der Waals surface area contributed by atoms with Crippen LogP contribution in [0.15, 0.2) is 24.3 Å². The van der Waals surface area contributed by atoms with E-state index in [0.29, 0.717) is 17.2 Å². The largest absolute Gasteiger partial charge is 0.478 e. The summed E-state index contributed by atoms with van der Waals surface area (Å²) in [4.78, 5) is 14.8. The number of benzene rings is 1. The van der Waals surface area contributed by atoms with E-state index in [0.717, 1.165) is 32.1 Å². The minimum absolute atomic E-state index is 0.323. The van der Waals surface area contributed by atoms with Crippen LogP contribution in [0.2, 0.25) is 0 Å². The van der Waals surface area contributed by atoms with E-state index in [2.05, 4.69) is 11.9 Å². The molecule has 0 bridgehead atoms. The fourth-order valence-corrected chi connectivity index (χ4v) is 2.88. The Morgan fingerprint density at radius 2 is 2.33 bits per heavy atom. The van der Waals surface area contributed by atoms with Gasteiger partial charge in [-0.05, 0) is 38.1 Å². The number of anilines is 1. The molecule has 1 fully saturated rings. The fourth-order valence-electron chi connectivity index (χ4n) is 2.88. The average Bonchev–Trinajstić information content (AvgIpc) is 2.81. The minimum atomic E-state index is -1.04. The zero-order valence-electron chi connectivity index (χ0n) is 12.4. The highest BCUT2D eigenvalue weighted by Gasteiger charge is 2.22. The molecule has 1 atom stereocenters. The van der Waals surface area contributed by atoms with Gasteiger partial charge in [0.25, 0.3) is 0 Å². The van der Waals surface area contributed by atoms with Crippen molar-refractivity contribution in [2.75, 3.05) is 38.6 Å². The summed E-state index contributed by atoms with van der Waals surface area (Å²) in [6.07, 6.45) is 3.59. The number of aliphatic carboxylic acids is 1. The van der Waals surface area contributed by atoms with Crippen LogP contribution in [0.5, 0.6) is 0 Å². The van der Waals surface area contributed by atoms with E-state index in [9.17, 15) is 9.18 Å². The summed E-state index contributed by atoms with van der Waals surface area (Å²) in [5, 5.41) is 8.73. The van der Waals surface area contributed by atoms with Gasteiger partial charge in [0.05, 0.1) is 5.69 Å². The zero-order valence-corrected chi connectivity index (χ0v) is 12.4. The molecule has 0 aromatic heterocycles. The van der Waals surface area contributed by atoms with Gasteiger partial charge in [-0.2, -0.15) is 0 Å². The molecule has 1 aromatic rings. The van der Waals surface area contributed by atoms with Gasteiger partial charge in [-0.1, -0.05) is 12.1 Å². The summed E-state index contributed by atoms with van der Waals surface area (Å²) in [5.74, 6) is -0.849. The Kier molecular flexibility index (Phi) is 4.96. The first-order chi connectivity index (χ1) is 9.97. The number of likely N-dealkylation sites (tertiary alicyclic amines) is 1. The highest BCUT2D eigenvalue weighted by atomic mass is 19.1. The lowest BCUT2D eigenvalue weighted by Crippen LogP contribution is -2.28. The average molecular weight is 292 g/mol. The Hall–Kier alpha value is -1.88. The maximum atomic E-state index is 14.1. The number of carbonyl (C=O) groups is 1. The Balaban J connectivity index is 2.18. The predicted molar refractivity (Wildman–Crippen MR) is 81.9 cm³/mol. The van der Waals surface area contributed by atoms with Gasteiger partial charge >= 0.3 is 5.97 Å². The summed E-state index contributed by atoms with van der Waals surface area (Å²) in [7, 11) is 3.94. The summed E-state index contributed by atoms with van der Waals surface area (Å²) in [6.45, 7) is 2.85. The molecule has 0 aliphatic carbocycles. The quantitative estimate of drug-likeness (QED) is 0.846. The first-order valence-corrected chi connectivity index (χ1v) is 7.06. The van der Waals surface area contributed by atoms with Crippen molar-refractivity contribution in [3.8, 4) is 0 Å². The number of hydrogen-bond acceptors (Lipinski definition) is 3. The van der Waals surface area contributed by atoms with Gasteiger partial charge in [0.15, 0.2) is 0 Å². The van der Waals surface area contributed by atoms with Crippen molar-refractivity contribution in [3.63, 3.8) is 0 Å². The lowest BCUT2D eigenvalue weighted by Gasteiger charge is -2.25. The number of para-hydroxylation sites is 1. The third-order valence-corrected chi connectivity index (χ3v) is 3.83. The molecule has 1 heterocycles. The molecule has 0 saturated carbocycles. The van der Waals surface area contributed by atoms with E-state index in [1.54, 1.807) is 12.1 Å². The van der Waals surface area contributed by atoms with Gasteiger partial charge in [-0.3, -0.25) is 0 Å². The van der Waals surface area contributed by atoms with E-state index in [4.69, 9.17) is 5.11 Å². The monoisotopic (exact) mass is 292 g/mol. The second kappa shape index (κ2) is 6.72. The van der Waals surface area contributed by atoms with Crippen LogP contribution in [0.25, 0.3) is 6.08 Å². The fraction of sp³-hybridized carbons (Fsp3) is 0.438. The molecule has 1 aliphatic heterocycles. The molecule has 0 spiro atoms. The standard InChI is InChI=1S/C16H21FN2O2/c1-18-9-8-12(10-18)11-19(2)16-13(6-7-15(20)21)4-3-5-14(16)17/h3-7,12H,8-11H2,1-2H3,(H,20,21)/b7-6+. The third kappa shape index (κ3) is 4.04. The highest BCUT2D eigenvalue weighted by Crippen LogP contribution is 2.27. The van der Waals surface area contributed by atoms with Crippen molar-refractivity contribution >= 4 is 17.7 Å². The number of nitrogens with zero attached hydrogens (tertiary/aromatic N) is 2. The molecule has 0 radical (unpaired) electrons. The van der Waals surface area contributed by atoms with E-state index in [1.807, 2.05) is 11.9 Å². The summed E-state index contributed by atoms with van der Waals surface area (Å²) >= 11 is 0. The van der Waals surface area contributed by atoms with Crippen LogP contribution >= 0.6 is 0 Å². The number of rotatable bonds is 5. The molecule has 1 unspecified atom stereocenters. The predicted octanol–water partition coefficient (Wildman–Crippen LogP) is 2.31. The lowest BCUT2D eigenvalue weighted by molar-refractivity contribution is -0.131. The van der Waals surface area contributed by atoms with Gasteiger partial charge < -0.3 is 14.9 Å². The van der Waals surface area contributed by atoms with Crippen LogP contribution < -0.4 is 4.90 Å². The minimum Gasteiger partial charge on any atom is -0.478 e. The van der Waals surface area contributed by atoms with E-state index in [-0.39, 0.29) is 5.82 Å². The van der Waals surface area contributed by atoms with Crippen LogP contribution in [0.3, 0.4) is 0 Å². The smallest absolute Gasteiger partial charge is 0.328 e. The number of carboxylic acid groups (broad SMARTS) is 1. The van der Waals surface area contributed by atoms with Gasteiger partial charge in [0.1, 0.15) is 5.82 Å². The summed E-state index contributed by atoms with van der Waals surface area (Å²) in [5.41, 5.74) is 1.05. The Morgan fingerprint density at radius 3 is 2.95 bits per heavy atom. The molecular weight excluding hydrogens is 271 g/mol. The lowest BCUT2D eigenvalue weighted by atomic mass is 10.1. The first kappa shape index (κ1) is 15.5. The molecule has 2 rings (SSSR count). The van der Waals surface area contributed by atoms with Crippen LogP contribution in [0.4, 0.5) is 10.1 Å². The Labute approximate surface area is 124 Å². The molecule has 1 aromatic carbocycles. The Bertz CT molecular complexity index is 545. The molecule has 114 valence electrons. The molecule has 1 aliphatic rings. The first-order valence-electron chi connectivity index (χ1n) is 7.06. The molecule has 5 heteroatoms. The zero-order chi connectivity index (χ0) is 15.4. The topological polar surface area (TPSA) is 43.8 Å². The molecule has 1 N–H and O–H groups in total. The SMILES string of the molecule is CN1CCC(CN(C)c2c(F)cccc2/C=C/C(=O)O)C1. The van der Waals surface area contributed by atoms with Crippen molar-refractivity contribution in [2.24, 2.45) is 5.92 Å². The van der Waals surface area contributed by atoms with E-state index in [1.165, 1.54) is 12.1 Å². The maximum Gasteiger partial charge on any atom is 0.328 e. The number of hydrogen-bond donors (Lipinski definition) is 1. The van der Waals surface area contributed by atoms with Crippen molar-refractivity contribution in [3.05, 3.63) is 35.7 Å². The molecule has 4 nitrogen and oxygen atoms in total. The second-order valence-corrected chi connectivity index (χ2v) is 5.65. The van der Waals surface area contributed by atoms with Crippen LogP contribution in [-0.4, -0.2) is 49.7 Å². The van der Waals surface area contributed by atoms with Gasteiger partial charge in [0, 0.05) is 31.8 Å². The third-order valence-electron chi connectivity index (χ3n) is 3.83. The second-order valence-electron chi connectivity index (χ2n) is 5.65. The van der Waals surface area contributed by atoms with E-state index < -0.39 is 5.97 Å².